The van der Waals surface area contributed by atoms with E-state index < -0.39 is 41.6 Å². The molecule has 2 amide bonds. The largest absolute Gasteiger partial charge is 0.482 e. The molecule has 3 aliphatic carbocycles. The van der Waals surface area contributed by atoms with Gasteiger partial charge in [0.25, 0.3) is 5.91 Å². The van der Waals surface area contributed by atoms with Crippen molar-refractivity contribution in [3.8, 4) is 5.75 Å². The van der Waals surface area contributed by atoms with E-state index in [4.69, 9.17) is 4.74 Å². The van der Waals surface area contributed by atoms with Crippen molar-refractivity contribution in [1.82, 2.24) is 15.6 Å². The summed E-state index contributed by atoms with van der Waals surface area (Å²) in [6.45, 7) is 0.937. The minimum Gasteiger partial charge on any atom is -0.482 e. The second kappa shape index (κ2) is 7.21. The number of halogens is 4. The molecule has 3 saturated carbocycles. The van der Waals surface area contributed by atoms with Gasteiger partial charge in [0.15, 0.2) is 6.61 Å². The first-order valence-electron chi connectivity index (χ1n) is 8.94. The predicted molar refractivity (Wildman–Crippen MR) is 90.1 cm³/mol. The number of fused-ring (bicyclic) bond motifs is 3. The van der Waals surface area contributed by atoms with E-state index in [0.29, 0.717) is 25.7 Å². The summed E-state index contributed by atoms with van der Waals surface area (Å²) in [5.74, 6) is -0.755. The quantitative estimate of drug-likeness (QED) is 0.741. The van der Waals surface area contributed by atoms with Crippen LogP contribution in [0.5, 0.6) is 5.75 Å². The fourth-order valence-corrected chi connectivity index (χ4v) is 4.08. The summed E-state index contributed by atoms with van der Waals surface area (Å²) in [5, 5.41) is 5.54. The molecule has 0 saturated heterocycles. The number of ether oxygens (including phenoxy) is 1. The molecule has 3 aliphatic rings. The van der Waals surface area contributed by atoms with Crippen LogP contribution in [0.1, 0.15) is 44.7 Å². The Morgan fingerprint density at radius 2 is 1.89 bits per heavy atom. The standard InChI is InChI=1S/C18H21F4N3O3/c1-11(26)24-16-4-6-17(7-5-16,13(19)8-16)25-15(27)10-28-12-2-3-14(23-9-12)18(20,21)22/h2-3,9,13H,4-8,10H2,1H3,(H,24,26)(H,25,27). The lowest BCUT2D eigenvalue weighted by atomic mass is 9.60. The third-order valence-corrected chi connectivity index (χ3v) is 5.50. The topological polar surface area (TPSA) is 80.3 Å². The third-order valence-electron chi connectivity index (χ3n) is 5.50. The van der Waals surface area contributed by atoms with Gasteiger partial charge in [-0.05, 0) is 37.8 Å². The molecular weight excluding hydrogens is 382 g/mol. The van der Waals surface area contributed by atoms with Gasteiger partial charge < -0.3 is 15.4 Å². The molecule has 10 heteroatoms. The molecule has 1 aromatic heterocycles. The number of amides is 2. The van der Waals surface area contributed by atoms with Gasteiger partial charge in [-0.1, -0.05) is 0 Å². The monoisotopic (exact) mass is 403 g/mol. The number of hydrogen-bond donors (Lipinski definition) is 2. The SMILES string of the molecule is CC(=O)NC12CCC(NC(=O)COc3ccc(C(F)(F)F)nc3)(CC1)C(F)C2. The molecule has 0 aromatic carbocycles. The molecule has 28 heavy (non-hydrogen) atoms. The molecule has 0 radical (unpaired) electrons. The van der Waals surface area contributed by atoms with Crippen molar-refractivity contribution in [3.63, 3.8) is 0 Å². The Bertz CT molecular complexity index is 743. The van der Waals surface area contributed by atoms with Gasteiger partial charge in [0.2, 0.25) is 5.91 Å². The van der Waals surface area contributed by atoms with Gasteiger partial charge in [-0.25, -0.2) is 9.37 Å². The first kappa shape index (κ1) is 20.3. The van der Waals surface area contributed by atoms with E-state index in [1.165, 1.54) is 6.92 Å². The number of aromatic nitrogens is 1. The van der Waals surface area contributed by atoms with E-state index in [0.717, 1.165) is 18.3 Å². The van der Waals surface area contributed by atoms with Crippen LogP contribution in [-0.2, 0) is 15.8 Å². The summed E-state index contributed by atoms with van der Waals surface area (Å²) in [4.78, 5) is 26.8. The summed E-state index contributed by atoms with van der Waals surface area (Å²) >= 11 is 0. The maximum Gasteiger partial charge on any atom is 0.433 e. The zero-order chi connectivity index (χ0) is 20.6. The van der Waals surface area contributed by atoms with Crippen molar-refractivity contribution in [2.45, 2.75) is 62.5 Å². The van der Waals surface area contributed by atoms with Crippen molar-refractivity contribution in [3.05, 3.63) is 24.0 Å². The number of hydrogen-bond acceptors (Lipinski definition) is 4. The van der Waals surface area contributed by atoms with Crippen LogP contribution in [0.3, 0.4) is 0 Å². The molecule has 1 unspecified atom stereocenters. The number of carbonyl (C=O) groups excluding carboxylic acids is 2. The van der Waals surface area contributed by atoms with E-state index in [9.17, 15) is 27.2 Å². The highest BCUT2D eigenvalue weighted by molar-refractivity contribution is 5.78. The van der Waals surface area contributed by atoms with E-state index in [1.807, 2.05) is 0 Å². The van der Waals surface area contributed by atoms with Gasteiger partial charge in [-0.2, -0.15) is 13.2 Å². The Morgan fingerprint density at radius 3 is 2.39 bits per heavy atom. The lowest BCUT2D eigenvalue weighted by Gasteiger charge is -2.55. The average Bonchev–Trinajstić information content (AvgIpc) is 2.60. The second-order valence-corrected chi connectivity index (χ2v) is 7.50. The van der Waals surface area contributed by atoms with Crippen molar-refractivity contribution < 1.29 is 31.9 Å². The Kier molecular flexibility index (Phi) is 5.24. The highest BCUT2D eigenvalue weighted by atomic mass is 19.4. The summed E-state index contributed by atoms with van der Waals surface area (Å²) in [6.07, 6.45) is -2.93. The van der Waals surface area contributed by atoms with Crippen LogP contribution in [0, 0.1) is 0 Å². The van der Waals surface area contributed by atoms with Crippen LogP contribution >= 0.6 is 0 Å². The minimum atomic E-state index is -4.56. The zero-order valence-electron chi connectivity index (χ0n) is 15.2. The molecule has 0 aliphatic heterocycles. The van der Waals surface area contributed by atoms with Gasteiger partial charge in [0.05, 0.1) is 11.7 Å². The van der Waals surface area contributed by atoms with Crippen LogP contribution < -0.4 is 15.4 Å². The van der Waals surface area contributed by atoms with Gasteiger partial charge >= 0.3 is 6.18 Å². The van der Waals surface area contributed by atoms with Crippen molar-refractivity contribution >= 4 is 11.8 Å². The van der Waals surface area contributed by atoms with Crippen LogP contribution in [0.2, 0.25) is 0 Å². The zero-order valence-corrected chi connectivity index (χ0v) is 15.2. The van der Waals surface area contributed by atoms with Crippen molar-refractivity contribution in [2.75, 3.05) is 6.61 Å². The Morgan fingerprint density at radius 1 is 1.21 bits per heavy atom. The van der Waals surface area contributed by atoms with Crippen LogP contribution in [0.4, 0.5) is 17.6 Å². The normalized spacial score (nSPS) is 29.2. The summed E-state index contributed by atoms with van der Waals surface area (Å²) in [6, 6.07) is 1.83. The Labute approximate surface area is 159 Å². The molecular formula is C18H21F4N3O3. The van der Waals surface area contributed by atoms with Gasteiger partial charge in [0, 0.05) is 18.9 Å². The molecule has 6 nitrogen and oxygen atoms in total. The molecule has 154 valence electrons. The van der Waals surface area contributed by atoms with E-state index in [1.54, 1.807) is 0 Å². The molecule has 2 N–H and O–H groups in total. The second-order valence-electron chi connectivity index (χ2n) is 7.50. The molecule has 1 atom stereocenters. The maximum atomic E-state index is 14.8. The molecule has 0 spiro atoms. The first-order valence-corrected chi connectivity index (χ1v) is 8.94. The van der Waals surface area contributed by atoms with Crippen LogP contribution in [-0.4, -0.2) is 40.7 Å². The third kappa shape index (κ3) is 4.20. The molecule has 1 aromatic rings. The van der Waals surface area contributed by atoms with Gasteiger partial charge in [-0.15, -0.1) is 0 Å². The highest BCUT2D eigenvalue weighted by Crippen LogP contribution is 2.48. The van der Waals surface area contributed by atoms with E-state index in [-0.39, 0.29) is 18.1 Å². The summed E-state index contributed by atoms with van der Waals surface area (Å²) < 4.78 is 57.4. The first-order chi connectivity index (χ1) is 13.0. The minimum absolute atomic E-state index is 0.00871. The lowest BCUT2D eigenvalue weighted by Crippen LogP contribution is -2.69. The van der Waals surface area contributed by atoms with E-state index >= 15 is 0 Å². The number of nitrogens with zero attached hydrogens (tertiary/aromatic N) is 1. The van der Waals surface area contributed by atoms with Gasteiger partial charge in [0.1, 0.15) is 17.6 Å². The number of carbonyl (C=O) groups is 2. The number of alkyl halides is 4. The molecule has 2 bridgehead atoms. The van der Waals surface area contributed by atoms with Crippen LogP contribution in [0.15, 0.2) is 18.3 Å². The number of nitrogens with one attached hydrogen (secondary N) is 2. The molecule has 4 rings (SSSR count). The predicted octanol–water partition coefficient (Wildman–Crippen LogP) is 2.52. The average molecular weight is 403 g/mol. The maximum absolute atomic E-state index is 14.8. The fourth-order valence-electron chi connectivity index (χ4n) is 4.08. The summed E-state index contributed by atoms with van der Waals surface area (Å²) in [7, 11) is 0. The van der Waals surface area contributed by atoms with Crippen molar-refractivity contribution in [2.24, 2.45) is 0 Å². The van der Waals surface area contributed by atoms with Crippen molar-refractivity contribution in [1.29, 1.82) is 0 Å². The Balaban J connectivity index is 1.55. The smallest absolute Gasteiger partial charge is 0.433 e. The molecule has 1 heterocycles. The van der Waals surface area contributed by atoms with Gasteiger partial charge in [-0.3, -0.25) is 9.59 Å². The highest BCUT2D eigenvalue weighted by Gasteiger charge is 2.56. The molecule has 3 fully saturated rings. The Hall–Kier alpha value is -2.39. The summed E-state index contributed by atoms with van der Waals surface area (Å²) in [5.41, 5.74) is -2.62. The fraction of sp³-hybridized carbons (Fsp3) is 0.611. The lowest BCUT2D eigenvalue weighted by molar-refractivity contribution is -0.141. The van der Waals surface area contributed by atoms with Crippen LogP contribution in [0.25, 0.3) is 0 Å². The number of pyridine rings is 1. The number of rotatable bonds is 5. The van der Waals surface area contributed by atoms with E-state index in [2.05, 4.69) is 15.6 Å².